The third-order valence-electron chi connectivity index (χ3n) is 5.35. The van der Waals surface area contributed by atoms with Crippen LogP contribution >= 0.6 is 0 Å². The van der Waals surface area contributed by atoms with E-state index in [1.165, 1.54) is 12.0 Å². The van der Waals surface area contributed by atoms with Gasteiger partial charge in [-0.2, -0.15) is 5.10 Å². The molecule has 33 heavy (non-hydrogen) atoms. The normalized spacial score (nSPS) is 16.5. The van der Waals surface area contributed by atoms with Gasteiger partial charge in [0.1, 0.15) is 12.1 Å². The fourth-order valence-corrected chi connectivity index (χ4v) is 3.75. The number of aryl methyl sites for hydroxylation is 1. The first-order valence-electron chi connectivity index (χ1n) is 10.6. The van der Waals surface area contributed by atoms with Crippen molar-refractivity contribution in [2.75, 3.05) is 26.7 Å². The van der Waals surface area contributed by atoms with Gasteiger partial charge in [-0.05, 0) is 23.8 Å². The Kier molecular flexibility index (Phi) is 6.94. The number of amides is 2. The maximum atomic E-state index is 13.3. The summed E-state index contributed by atoms with van der Waals surface area (Å²) in [6, 6.07) is 7.07. The van der Waals surface area contributed by atoms with E-state index >= 15 is 0 Å². The Morgan fingerprint density at radius 1 is 1.15 bits per heavy atom. The summed E-state index contributed by atoms with van der Waals surface area (Å²) in [7, 11) is 3.29. The van der Waals surface area contributed by atoms with Gasteiger partial charge in [0.05, 0.1) is 26.0 Å². The van der Waals surface area contributed by atoms with Crippen molar-refractivity contribution in [3.63, 3.8) is 0 Å². The lowest BCUT2D eigenvalue weighted by atomic mass is 10.2. The zero-order valence-corrected chi connectivity index (χ0v) is 18.6. The molecule has 10 heteroatoms. The molecule has 1 aliphatic rings. The number of carbonyl (C=O) groups excluding carboxylic acids is 2. The summed E-state index contributed by atoms with van der Waals surface area (Å²) in [6.45, 7) is 1.25. The van der Waals surface area contributed by atoms with Crippen LogP contribution in [0.15, 0.2) is 55.2 Å². The zero-order chi connectivity index (χ0) is 23.2. The molecule has 3 aromatic heterocycles. The molecular formula is C23H26N6O4. The Balaban J connectivity index is 1.56. The van der Waals surface area contributed by atoms with Gasteiger partial charge in [0.15, 0.2) is 0 Å². The van der Waals surface area contributed by atoms with Crippen LogP contribution in [0.2, 0.25) is 0 Å². The predicted octanol–water partition coefficient (Wildman–Crippen LogP) is 1.29. The number of carbonyl (C=O) groups is 2. The first-order chi connectivity index (χ1) is 16.0. The van der Waals surface area contributed by atoms with Crippen molar-refractivity contribution in [1.29, 1.82) is 0 Å². The van der Waals surface area contributed by atoms with Crippen LogP contribution in [-0.2, 0) is 29.7 Å². The van der Waals surface area contributed by atoms with Crippen molar-refractivity contribution in [3.05, 3.63) is 71.9 Å². The van der Waals surface area contributed by atoms with E-state index in [2.05, 4.69) is 15.1 Å². The van der Waals surface area contributed by atoms with Crippen molar-refractivity contribution in [1.82, 2.24) is 29.5 Å². The van der Waals surface area contributed by atoms with Crippen molar-refractivity contribution >= 4 is 11.8 Å². The molecule has 0 aromatic carbocycles. The molecule has 1 unspecified atom stereocenters. The number of methoxy groups -OCH3 is 1. The highest BCUT2D eigenvalue weighted by molar-refractivity contribution is 5.98. The van der Waals surface area contributed by atoms with Crippen molar-refractivity contribution in [2.45, 2.75) is 19.3 Å². The van der Waals surface area contributed by atoms with Gasteiger partial charge in [-0.1, -0.05) is 6.07 Å². The molecule has 1 fully saturated rings. The monoisotopic (exact) mass is 450 g/mol. The molecule has 0 saturated carbocycles. The van der Waals surface area contributed by atoms with E-state index in [0.717, 1.165) is 11.1 Å². The quantitative estimate of drug-likeness (QED) is 0.534. The first-order valence-corrected chi connectivity index (χ1v) is 10.6. The minimum absolute atomic E-state index is 0.0656. The second-order valence-corrected chi connectivity index (χ2v) is 7.84. The van der Waals surface area contributed by atoms with Gasteiger partial charge in [0.2, 0.25) is 11.8 Å². The van der Waals surface area contributed by atoms with Crippen LogP contribution < -0.4 is 4.74 Å². The number of rotatable bonds is 7. The molecule has 1 atom stereocenters. The fraction of sp³-hybridized carbons (Fsp3) is 0.348. The smallest absolute Gasteiger partial charge is 0.259 e. The number of ether oxygens (including phenoxy) is 2. The average molecular weight is 450 g/mol. The maximum Gasteiger partial charge on any atom is 0.259 e. The first kappa shape index (κ1) is 22.4. The summed E-state index contributed by atoms with van der Waals surface area (Å²) < 4.78 is 13.1. The molecule has 0 bridgehead atoms. The molecule has 172 valence electrons. The van der Waals surface area contributed by atoms with Crippen LogP contribution in [0.4, 0.5) is 0 Å². The lowest BCUT2D eigenvalue weighted by Crippen LogP contribution is -2.39. The van der Waals surface area contributed by atoms with Crippen LogP contribution in [-0.4, -0.2) is 74.2 Å². The molecular weight excluding hydrogens is 424 g/mol. The number of nitrogens with zero attached hydrogens (tertiary/aromatic N) is 6. The summed E-state index contributed by atoms with van der Waals surface area (Å²) in [6.07, 6.45) is 8.20. The number of aromatic nitrogens is 4. The number of pyridine rings is 2. The van der Waals surface area contributed by atoms with Crippen molar-refractivity contribution in [3.8, 4) is 5.88 Å². The third kappa shape index (κ3) is 5.53. The van der Waals surface area contributed by atoms with Crippen LogP contribution in [0.5, 0.6) is 5.88 Å². The molecule has 1 saturated heterocycles. The number of hydrogen-bond acceptors (Lipinski definition) is 7. The van der Waals surface area contributed by atoms with Crippen LogP contribution in [0.1, 0.15) is 21.5 Å². The van der Waals surface area contributed by atoms with Crippen LogP contribution in [0.25, 0.3) is 0 Å². The second kappa shape index (κ2) is 10.2. The summed E-state index contributed by atoms with van der Waals surface area (Å²) in [5, 5.41) is 4.18. The lowest BCUT2D eigenvalue weighted by molar-refractivity contribution is -0.132. The van der Waals surface area contributed by atoms with Gasteiger partial charge in [-0.3, -0.25) is 19.3 Å². The molecule has 1 aliphatic heterocycles. The van der Waals surface area contributed by atoms with E-state index < -0.39 is 0 Å². The third-order valence-corrected chi connectivity index (χ3v) is 5.35. The summed E-state index contributed by atoms with van der Waals surface area (Å²) in [4.78, 5) is 37.9. The Morgan fingerprint density at radius 3 is 2.73 bits per heavy atom. The summed E-state index contributed by atoms with van der Waals surface area (Å²) in [5.74, 6) is -0.270. The summed E-state index contributed by atoms with van der Waals surface area (Å²) in [5.41, 5.74) is 2.13. The number of hydrogen-bond donors (Lipinski definition) is 0. The van der Waals surface area contributed by atoms with E-state index in [-0.39, 0.29) is 36.9 Å². The van der Waals surface area contributed by atoms with Crippen LogP contribution in [0, 0.1) is 0 Å². The van der Waals surface area contributed by atoms with Gasteiger partial charge in [-0.25, -0.2) is 4.98 Å². The predicted molar refractivity (Wildman–Crippen MR) is 118 cm³/mol. The Labute approximate surface area is 191 Å². The van der Waals surface area contributed by atoms with Gasteiger partial charge in [-0.15, -0.1) is 0 Å². The lowest BCUT2D eigenvalue weighted by Gasteiger charge is -2.25. The summed E-state index contributed by atoms with van der Waals surface area (Å²) >= 11 is 0. The highest BCUT2D eigenvalue weighted by Gasteiger charge is 2.32. The molecule has 0 radical (unpaired) electrons. The minimum atomic E-state index is -0.389. The highest BCUT2D eigenvalue weighted by Crippen LogP contribution is 2.20. The Bertz CT molecular complexity index is 1100. The molecule has 0 aliphatic carbocycles. The van der Waals surface area contributed by atoms with Gasteiger partial charge < -0.3 is 19.3 Å². The van der Waals surface area contributed by atoms with Crippen LogP contribution in [0.3, 0.4) is 0 Å². The topological polar surface area (TPSA) is 103 Å². The molecule has 10 nitrogen and oxygen atoms in total. The van der Waals surface area contributed by atoms with Gasteiger partial charge in [0.25, 0.3) is 5.91 Å². The van der Waals surface area contributed by atoms with Gasteiger partial charge in [0, 0.05) is 57.0 Å². The van der Waals surface area contributed by atoms with E-state index in [0.29, 0.717) is 25.3 Å². The zero-order valence-electron chi connectivity index (χ0n) is 18.6. The van der Waals surface area contributed by atoms with Crippen molar-refractivity contribution in [2.24, 2.45) is 7.05 Å². The molecule has 4 rings (SSSR count). The van der Waals surface area contributed by atoms with Crippen molar-refractivity contribution < 1.29 is 19.1 Å². The molecule has 2 amide bonds. The molecule has 4 heterocycles. The standard InChI is InChI=1S/C23H26N6O4/c1-27-11-18(10-26-27)12-28-13-19(33-16-17-5-3-7-24-9-17)14-29(15-21(28)30)23(31)20-6-4-8-25-22(20)32-2/h3-11,19H,12-16H2,1-2H3. The van der Waals surface area contributed by atoms with E-state index in [1.54, 1.807) is 46.5 Å². The molecule has 0 N–H and O–H groups in total. The average Bonchev–Trinajstić information content (AvgIpc) is 3.18. The SMILES string of the molecule is COc1ncccc1C(=O)N1CC(=O)N(Cc2cnn(C)c2)CC(OCc2cccnc2)C1. The van der Waals surface area contributed by atoms with E-state index in [4.69, 9.17) is 9.47 Å². The fourth-order valence-electron chi connectivity index (χ4n) is 3.75. The second-order valence-electron chi connectivity index (χ2n) is 7.84. The molecule has 0 spiro atoms. The van der Waals surface area contributed by atoms with E-state index in [1.807, 2.05) is 25.4 Å². The molecule has 3 aromatic rings. The minimum Gasteiger partial charge on any atom is -0.480 e. The van der Waals surface area contributed by atoms with Gasteiger partial charge >= 0.3 is 0 Å². The Morgan fingerprint density at radius 2 is 2.00 bits per heavy atom. The Hall–Kier alpha value is -3.79. The highest BCUT2D eigenvalue weighted by atomic mass is 16.5. The van der Waals surface area contributed by atoms with E-state index in [9.17, 15) is 9.59 Å². The maximum absolute atomic E-state index is 13.3. The largest absolute Gasteiger partial charge is 0.480 e.